The largest absolute Gasteiger partial charge is 0.478 e. The molecular weight excluding hydrogens is 261 g/mol. The van der Waals surface area contributed by atoms with Crippen LogP contribution in [0.15, 0.2) is 36.8 Å². The number of carbonyl (C=O) groups is 1. The highest BCUT2D eigenvalue weighted by Gasteiger charge is 2.13. The van der Waals surface area contributed by atoms with Gasteiger partial charge in [0.2, 0.25) is 0 Å². The third-order valence-electron chi connectivity index (χ3n) is 2.95. The Morgan fingerprint density at radius 1 is 1.50 bits per heavy atom. The number of carboxylic acid groups (broad SMARTS) is 1. The molecule has 1 aromatic carbocycles. The topological polar surface area (TPSA) is 75.1 Å². The van der Waals surface area contributed by atoms with Crippen molar-refractivity contribution in [1.82, 2.24) is 15.3 Å². The second-order valence-corrected chi connectivity index (χ2v) is 4.35. The molecule has 0 bridgehead atoms. The maximum absolute atomic E-state index is 13.1. The summed E-state index contributed by atoms with van der Waals surface area (Å²) in [5, 5.41) is 12.1. The van der Waals surface area contributed by atoms with E-state index < -0.39 is 5.97 Å². The molecule has 5 nitrogen and oxygen atoms in total. The third kappa shape index (κ3) is 3.36. The van der Waals surface area contributed by atoms with Gasteiger partial charge in [0, 0.05) is 18.8 Å². The SMILES string of the molecule is CC(NCc1ncncc1C(=O)O)c1cccc(F)c1. The van der Waals surface area contributed by atoms with Crippen molar-refractivity contribution in [3.05, 3.63) is 59.4 Å². The number of hydrogen-bond donors (Lipinski definition) is 2. The molecule has 0 amide bonds. The number of halogens is 1. The fourth-order valence-electron chi connectivity index (χ4n) is 1.82. The molecule has 0 aliphatic rings. The molecule has 1 atom stereocenters. The first-order valence-electron chi connectivity index (χ1n) is 6.09. The summed E-state index contributed by atoms with van der Waals surface area (Å²) in [7, 11) is 0. The normalized spacial score (nSPS) is 12.1. The van der Waals surface area contributed by atoms with Crippen LogP contribution in [0.1, 0.15) is 34.6 Å². The van der Waals surface area contributed by atoms with E-state index in [1.165, 1.54) is 24.7 Å². The van der Waals surface area contributed by atoms with E-state index in [9.17, 15) is 9.18 Å². The zero-order valence-electron chi connectivity index (χ0n) is 10.9. The van der Waals surface area contributed by atoms with Crippen molar-refractivity contribution in [1.29, 1.82) is 0 Å². The van der Waals surface area contributed by atoms with Crippen LogP contribution in [0.25, 0.3) is 0 Å². The Labute approximate surface area is 115 Å². The van der Waals surface area contributed by atoms with Crippen LogP contribution in [0.3, 0.4) is 0 Å². The summed E-state index contributed by atoms with van der Waals surface area (Å²) in [5.41, 5.74) is 1.25. The molecule has 1 heterocycles. The van der Waals surface area contributed by atoms with Gasteiger partial charge in [-0.15, -0.1) is 0 Å². The van der Waals surface area contributed by atoms with E-state index in [-0.39, 0.29) is 24.0 Å². The predicted molar refractivity (Wildman–Crippen MR) is 70.6 cm³/mol. The summed E-state index contributed by atoms with van der Waals surface area (Å²) in [6.07, 6.45) is 2.56. The number of rotatable bonds is 5. The van der Waals surface area contributed by atoms with Gasteiger partial charge in [0.25, 0.3) is 0 Å². The van der Waals surface area contributed by atoms with Crippen LogP contribution in [0.4, 0.5) is 4.39 Å². The smallest absolute Gasteiger partial charge is 0.339 e. The molecule has 0 aliphatic heterocycles. The molecule has 6 heteroatoms. The molecule has 2 N–H and O–H groups in total. The van der Waals surface area contributed by atoms with E-state index in [1.54, 1.807) is 12.1 Å². The third-order valence-corrected chi connectivity index (χ3v) is 2.95. The van der Waals surface area contributed by atoms with Crippen molar-refractivity contribution in [3.63, 3.8) is 0 Å². The van der Waals surface area contributed by atoms with Crippen molar-refractivity contribution >= 4 is 5.97 Å². The van der Waals surface area contributed by atoms with Crippen LogP contribution in [0.2, 0.25) is 0 Å². The Morgan fingerprint density at radius 3 is 3.00 bits per heavy atom. The van der Waals surface area contributed by atoms with Crippen LogP contribution in [0, 0.1) is 5.82 Å². The summed E-state index contributed by atoms with van der Waals surface area (Å²) in [5.74, 6) is -1.37. The van der Waals surface area contributed by atoms with Gasteiger partial charge in [-0.05, 0) is 24.6 Å². The lowest BCUT2D eigenvalue weighted by Gasteiger charge is -2.14. The molecule has 20 heavy (non-hydrogen) atoms. The zero-order chi connectivity index (χ0) is 14.5. The highest BCUT2D eigenvalue weighted by atomic mass is 19.1. The molecule has 0 fully saturated rings. The van der Waals surface area contributed by atoms with Gasteiger partial charge in [-0.3, -0.25) is 0 Å². The van der Waals surface area contributed by atoms with Crippen LogP contribution in [0.5, 0.6) is 0 Å². The van der Waals surface area contributed by atoms with Crippen molar-refractivity contribution in [3.8, 4) is 0 Å². The number of hydrogen-bond acceptors (Lipinski definition) is 4. The highest BCUT2D eigenvalue weighted by molar-refractivity contribution is 5.88. The Bertz CT molecular complexity index is 619. The lowest BCUT2D eigenvalue weighted by atomic mass is 10.1. The molecule has 1 unspecified atom stereocenters. The predicted octanol–water partition coefficient (Wildman–Crippen LogP) is 2.16. The van der Waals surface area contributed by atoms with E-state index in [4.69, 9.17) is 5.11 Å². The second-order valence-electron chi connectivity index (χ2n) is 4.35. The Morgan fingerprint density at radius 2 is 2.30 bits per heavy atom. The average Bonchev–Trinajstić information content (AvgIpc) is 2.45. The minimum absolute atomic E-state index is 0.0615. The zero-order valence-corrected chi connectivity index (χ0v) is 10.9. The van der Waals surface area contributed by atoms with Gasteiger partial charge >= 0.3 is 5.97 Å². The standard InChI is InChI=1S/C14H14FN3O2/c1-9(10-3-2-4-11(15)5-10)17-7-13-12(14(19)20)6-16-8-18-13/h2-6,8-9,17H,7H2,1H3,(H,19,20). The van der Waals surface area contributed by atoms with E-state index in [2.05, 4.69) is 15.3 Å². The van der Waals surface area contributed by atoms with Crippen molar-refractivity contribution < 1.29 is 14.3 Å². The number of carboxylic acids is 1. The molecule has 0 spiro atoms. The van der Waals surface area contributed by atoms with Gasteiger partial charge in [0.05, 0.1) is 5.69 Å². The fourth-order valence-corrected chi connectivity index (χ4v) is 1.82. The first-order valence-corrected chi connectivity index (χ1v) is 6.09. The van der Waals surface area contributed by atoms with Crippen LogP contribution < -0.4 is 5.32 Å². The minimum atomic E-state index is -1.07. The van der Waals surface area contributed by atoms with Gasteiger partial charge in [0.15, 0.2) is 0 Å². The molecule has 0 radical (unpaired) electrons. The number of benzene rings is 1. The molecule has 2 aromatic rings. The molecule has 0 aliphatic carbocycles. The number of aromatic nitrogens is 2. The van der Waals surface area contributed by atoms with Crippen molar-refractivity contribution in [2.45, 2.75) is 19.5 Å². The first kappa shape index (κ1) is 14.1. The van der Waals surface area contributed by atoms with Crippen molar-refractivity contribution in [2.24, 2.45) is 0 Å². The maximum atomic E-state index is 13.1. The Kier molecular flexibility index (Phi) is 4.37. The van der Waals surface area contributed by atoms with Gasteiger partial charge in [-0.1, -0.05) is 12.1 Å². The highest BCUT2D eigenvalue weighted by Crippen LogP contribution is 2.14. The van der Waals surface area contributed by atoms with Crippen LogP contribution in [-0.4, -0.2) is 21.0 Å². The summed E-state index contributed by atoms with van der Waals surface area (Å²) < 4.78 is 13.1. The molecule has 104 valence electrons. The molecule has 0 saturated heterocycles. The van der Waals surface area contributed by atoms with Gasteiger partial charge in [0.1, 0.15) is 17.7 Å². The van der Waals surface area contributed by atoms with E-state index in [0.29, 0.717) is 5.69 Å². The van der Waals surface area contributed by atoms with Gasteiger partial charge in [-0.25, -0.2) is 19.2 Å². The van der Waals surface area contributed by atoms with Gasteiger partial charge in [-0.2, -0.15) is 0 Å². The summed E-state index contributed by atoms with van der Waals surface area (Å²) in [6.45, 7) is 2.14. The lowest BCUT2D eigenvalue weighted by molar-refractivity contribution is 0.0694. The molecule has 0 saturated carbocycles. The second kappa shape index (κ2) is 6.21. The summed E-state index contributed by atoms with van der Waals surface area (Å²) >= 11 is 0. The van der Waals surface area contributed by atoms with Crippen LogP contribution in [-0.2, 0) is 6.54 Å². The average molecular weight is 275 g/mol. The number of nitrogens with one attached hydrogen (secondary N) is 1. The van der Waals surface area contributed by atoms with Crippen molar-refractivity contribution in [2.75, 3.05) is 0 Å². The van der Waals surface area contributed by atoms with E-state index >= 15 is 0 Å². The maximum Gasteiger partial charge on any atom is 0.339 e. The number of nitrogens with zero attached hydrogens (tertiary/aromatic N) is 2. The summed E-state index contributed by atoms with van der Waals surface area (Å²) in [4.78, 5) is 18.7. The fraction of sp³-hybridized carbons (Fsp3) is 0.214. The van der Waals surface area contributed by atoms with E-state index in [1.807, 2.05) is 6.92 Å². The number of aromatic carboxylic acids is 1. The molecular formula is C14H14FN3O2. The monoisotopic (exact) mass is 275 g/mol. The molecule has 1 aromatic heterocycles. The van der Waals surface area contributed by atoms with Gasteiger partial charge < -0.3 is 10.4 Å². The first-order chi connectivity index (χ1) is 9.58. The van der Waals surface area contributed by atoms with Crippen LogP contribution >= 0.6 is 0 Å². The summed E-state index contributed by atoms with van der Waals surface area (Å²) in [6, 6.07) is 6.14. The molecule has 2 rings (SSSR count). The lowest BCUT2D eigenvalue weighted by Crippen LogP contribution is -2.21. The Hall–Kier alpha value is -2.34. The Balaban J connectivity index is 2.07. The minimum Gasteiger partial charge on any atom is -0.478 e. The van der Waals surface area contributed by atoms with E-state index in [0.717, 1.165) is 5.56 Å². The quantitative estimate of drug-likeness (QED) is 0.874.